The van der Waals surface area contributed by atoms with E-state index in [0.29, 0.717) is 6.54 Å². The molecule has 1 fully saturated rings. The molecule has 2 aromatic rings. The fourth-order valence-electron chi connectivity index (χ4n) is 2.65. The van der Waals surface area contributed by atoms with Gasteiger partial charge in [-0.15, -0.1) is 11.3 Å². The molecule has 0 unspecified atom stereocenters. The number of carbonyl (C=O) groups excluding carboxylic acids is 1. The van der Waals surface area contributed by atoms with Crippen molar-refractivity contribution < 1.29 is 9.90 Å². The summed E-state index contributed by atoms with van der Waals surface area (Å²) in [6, 6.07) is -0.272. The van der Waals surface area contributed by atoms with Crippen LogP contribution >= 0.6 is 11.3 Å². The largest absolute Gasteiger partial charge is 0.395 e. The number of aryl methyl sites for hydroxylation is 1. The maximum absolute atomic E-state index is 12.4. The van der Waals surface area contributed by atoms with Crippen molar-refractivity contribution in [3.05, 3.63) is 17.3 Å². The molecule has 6 nitrogen and oxygen atoms in total. The molecule has 2 aromatic heterocycles. The molecule has 3 rings (SSSR count). The highest BCUT2D eigenvalue weighted by Gasteiger charge is 2.29. The Morgan fingerprint density at radius 2 is 2.38 bits per heavy atom. The lowest BCUT2D eigenvalue weighted by molar-refractivity contribution is -0.134. The van der Waals surface area contributed by atoms with Gasteiger partial charge in [-0.05, 0) is 30.7 Å². The van der Waals surface area contributed by atoms with Crippen molar-refractivity contribution in [3.63, 3.8) is 0 Å². The smallest absolute Gasteiger partial charge is 0.245 e. The van der Waals surface area contributed by atoms with Crippen LogP contribution < -0.4 is 5.32 Å². The molecule has 0 saturated carbocycles. The van der Waals surface area contributed by atoms with Gasteiger partial charge in [-0.2, -0.15) is 0 Å². The average Bonchev–Trinajstić information content (AvgIpc) is 2.86. The monoisotopic (exact) mass is 306 g/mol. The van der Waals surface area contributed by atoms with Gasteiger partial charge in [0.1, 0.15) is 18.2 Å². The van der Waals surface area contributed by atoms with E-state index in [1.54, 1.807) is 16.2 Å². The number of nitrogens with one attached hydrogen (secondary N) is 1. The number of amides is 1. The summed E-state index contributed by atoms with van der Waals surface area (Å²) in [6.07, 6.45) is 3.25. The van der Waals surface area contributed by atoms with Gasteiger partial charge in [0.2, 0.25) is 5.91 Å². The average molecular weight is 306 g/mol. The van der Waals surface area contributed by atoms with E-state index in [0.717, 1.165) is 41.0 Å². The van der Waals surface area contributed by atoms with Gasteiger partial charge in [-0.1, -0.05) is 0 Å². The minimum Gasteiger partial charge on any atom is -0.395 e. The maximum Gasteiger partial charge on any atom is 0.245 e. The molecular formula is C14H18N4O2S. The number of carbonyl (C=O) groups is 1. The summed E-state index contributed by atoms with van der Waals surface area (Å²) >= 11 is 1.59. The molecule has 3 heterocycles. The number of piperidine rings is 1. The van der Waals surface area contributed by atoms with E-state index in [1.807, 2.05) is 12.3 Å². The van der Waals surface area contributed by atoms with Gasteiger partial charge in [0.05, 0.1) is 16.8 Å². The molecule has 0 spiro atoms. The van der Waals surface area contributed by atoms with Gasteiger partial charge in [0.25, 0.3) is 0 Å². The number of nitrogens with zero attached hydrogens (tertiary/aromatic N) is 3. The molecule has 0 bridgehead atoms. The van der Waals surface area contributed by atoms with E-state index in [1.165, 1.54) is 6.33 Å². The van der Waals surface area contributed by atoms with E-state index in [9.17, 15) is 4.79 Å². The Balaban J connectivity index is 1.83. The lowest BCUT2D eigenvalue weighted by Crippen LogP contribution is -2.48. The molecule has 0 aliphatic carbocycles. The summed E-state index contributed by atoms with van der Waals surface area (Å²) in [6.45, 7) is 3.13. The molecule has 1 aliphatic rings. The van der Waals surface area contributed by atoms with Crippen LogP contribution in [0.3, 0.4) is 0 Å². The van der Waals surface area contributed by atoms with Crippen molar-refractivity contribution in [2.75, 3.05) is 25.0 Å². The van der Waals surface area contributed by atoms with Crippen LogP contribution in [-0.4, -0.2) is 51.6 Å². The summed E-state index contributed by atoms with van der Waals surface area (Å²) in [7, 11) is 0. The summed E-state index contributed by atoms with van der Waals surface area (Å²) in [5.74, 6) is 0.762. The number of aromatic nitrogens is 2. The number of aliphatic hydroxyl groups is 1. The lowest BCUT2D eigenvalue weighted by Gasteiger charge is -2.32. The first kappa shape index (κ1) is 14.2. The Morgan fingerprint density at radius 3 is 3.19 bits per heavy atom. The zero-order valence-electron chi connectivity index (χ0n) is 11.9. The molecule has 1 saturated heterocycles. The quantitative estimate of drug-likeness (QED) is 0.892. The Hall–Kier alpha value is -1.73. The normalized spacial score (nSPS) is 19.2. The SMILES string of the molecule is Cc1csc2c(N[C@@H]3CCCN(CCO)C3=O)ncnc12. The van der Waals surface area contributed by atoms with Crippen LogP contribution in [-0.2, 0) is 4.79 Å². The van der Waals surface area contributed by atoms with Crippen molar-refractivity contribution in [2.24, 2.45) is 0 Å². The van der Waals surface area contributed by atoms with Gasteiger partial charge < -0.3 is 15.3 Å². The molecule has 1 amide bonds. The van der Waals surface area contributed by atoms with E-state index >= 15 is 0 Å². The van der Waals surface area contributed by atoms with Crippen LogP contribution in [0.1, 0.15) is 18.4 Å². The number of anilines is 1. The van der Waals surface area contributed by atoms with Crippen molar-refractivity contribution in [3.8, 4) is 0 Å². The lowest BCUT2D eigenvalue weighted by atomic mass is 10.0. The number of β-amino-alcohol motifs (C(OH)–C–C–N with tert-alkyl or cyclic N) is 1. The predicted molar refractivity (Wildman–Crippen MR) is 82.5 cm³/mol. The third kappa shape index (κ3) is 2.71. The fraction of sp³-hybridized carbons (Fsp3) is 0.500. The molecule has 1 atom stereocenters. The zero-order valence-corrected chi connectivity index (χ0v) is 12.7. The molecule has 7 heteroatoms. The van der Waals surface area contributed by atoms with Crippen molar-refractivity contribution >= 4 is 33.3 Å². The minimum atomic E-state index is -0.272. The third-order valence-corrected chi connectivity index (χ3v) is 4.84. The Bertz CT molecular complexity index is 655. The van der Waals surface area contributed by atoms with E-state index in [-0.39, 0.29) is 18.6 Å². The second-order valence-corrected chi connectivity index (χ2v) is 6.09. The van der Waals surface area contributed by atoms with E-state index in [2.05, 4.69) is 15.3 Å². The standard InChI is InChI=1S/C14H18N4O2S/c1-9-7-21-12-11(9)15-8-16-13(12)17-10-3-2-4-18(5-6-19)14(10)20/h7-8,10,19H,2-6H2,1H3,(H,15,16,17)/t10-/m1/s1. The first-order chi connectivity index (χ1) is 10.2. The Labute approximate surface area is 126 Å². The van der Waals surface area contributed by atoms with Gasteiger partial charge in [-0.25, -0.2) is 9.97 Å². The highest BCUT2D eigenvalue weighted by Crippen LogP contribution is 2.29. The first-order valence-electron chi connectivity index (χ1n) is 7.05. The van der Waals surface area contributed by atoms with Crippen LogP contribution in [0.4, 0.5) is 5.82 Å². The van der Waals surface area contributed by atoms with E-state index < -0.39 is 0 Å². The van der Waals surface area contributed by atoms with Crippen molar-refractivity contribution in [1.29, 1.82) is 0 Å². The summed E-state index contributed by atoms with van der Waals surface area (Å²) in [5, 5.41) is 14.3. The van der Waals surface area contributed by atoms with Crippen molar-refractivity contribution in [2.45, 2.75) is 25.8 Å². The van der Waals surface area contributed by atoms with Crippen LogP contribution in [0.25, 0.3) is 10.2 Å². The molecular weight excluding hydrogens is 288 g/mol. The second kappa shape index (κ2) is 5.95. The van der Waals surface area contributed by atoms with Gasteiger partial charge in [0, 0.05) is 13.1 Å². The molecule has 112 valence electrons. The highest BCUT2D eigenvalue weighted by molar-refractivity contribution is 7.18. The zero-order chi connectivity index (χ0) is 14.8. The number of fused-ring (bicyclic) bond motifs is 1. The number of thiophene rings is 1. The van der Waals surface area contributed by atoms with Crippen LogP contribution in [0, 0.1) is 6.92 Å². The molecule has 0 aromatic carbocycles. The molecule has 1 aliphatic heterocycles. The van der Waals surface area contributed by atoms with Gasteiger partial charge in [0.15, 0.2) is 0 Å². The Morgan fingerprint density at radius 1 is 1.52 bits per heavy atom. The maximum atomic E-state index is 12.4. The second-order valence-electron chi connectivity index (χ2n) is 5.21. The summed E-state index contributed by atoms with van der Waals surface area (Å²) in [5.41, 5.74) is 2.06. The van der Waals surface area contributed by atoms with Gasteiger partial charge in [-0.3, -0.25) is 4.79 Å². The number of aliphatic hydroxyl groups excluding tert-OH is 1. The molecule has 0 radical (unpaired) electrons. The number of hydrogen-bond acceptors (Lipinski definition) is 6. The predicted octanol–water partition coefficient (Wildman–Crippen LogP) is 1.39. The number of hydrogen-bond donors (Lipinski definition) is 2. The van der Waals surface area contributed by atoms with Crippen LogP contribution in [0.2, 0.25) is 0 Å². The van der Waals surface area contributed by atoms with Crippen LogP contribution in [0.15, 0.2) is 11.7 Å². The molecule has 21 heavy (non-hydrogen) atoms. The van der Waals surface area contributed by atoms with Crippen LogP contribution in [0.5, 0.6) is 0 Å². The molecule has 2 N–H and O–H groups in total. The van der Waals surface area contributed by atoms with Gasteiger partial charge >= 0.3 is 0 Å². The highest BCUT2D eigenvalue weighted by atomic mass is 32.1. The van der Waals surface area contributed by atoms with E-state index in [4.69, 9.17) is 5.11 Å². The summed E-state index contributed by atoms with van der Waals surface area (Å²) < 4.78 is 0.988. The Kier molecular flexibility index (Phi) is 4.03. The summed E-state index contributed by atoms with van der Waals surface area (Å²) in [4.78, 5) is 22.7. The first-order valence-corrected chi connectivity index (χ1v) is 7.93. The topological polar surface area (TPSA) is 78.4 Å². The number of rotatable bonds is 4. The minimum absolute atomic E-state index is 0.000329. The van der Waals surface area contributed by atoms with Crippen molar-refractivity contribution in [1.82, 2.24) is 14.9 Å². The fourth-order valence-corrected chi connectivity index (χ4v) is 3.61. The number of likely N-dealkylation sites (tertiary alicyclic amines) is 1. The third-order valence-electron chi connectivity index (χ3n) is 3.74.